The molecule has 164 valence electrons. The van der Waals surface area contributed by atoms with E-state index in [1.807, 2.05) is 0 Å². The van der Waals surface area contributed by atoms with Crippen molar-refractivity contribution in [3.05, 3.63) is 41.1 Å². The van der Waals surface area contributed by atoms with E-state index < -0.39 is 23.8 Å². The minimum Gasteiger partial charge on any atom is -0.464 e. The number of nitrogens with one attached hydrogen (secondary N) is 1. The quantitative estimate of drug-likeness (QED) is 0.662. The molecule has 0 spiro atoms. The van der Waals surface area contributed by atoms with Crippen LogP contribution in [0.1, 0.15) is 23.7 Å². The van der Waals surface area contributed by atoms with Crippen molar-refractivity contribution in [3.8, 4) is 17.4 Å². The number of carbonyl (C=O) groups excluding carboxylic acids is 1. The maximum absolute atomic E-state index is 13.6. The minimum atomic E-state index is -4.63. The predicted octanol–water partition coefficient (Wildman–Crippen LogP) is 3.11. The number of fused-ring (bicyclic) bond motifs is 2. The molecule has 1 N–H and O–H groups in total. The number of amides is 1. The Morgan fingerprint density at radius 1 is 1.29 bits per heavy atom. The number of aromatic nitrogens is 3. The fraction of sp³-hybridized carbons (Fsp3) is 0.350. The second-order valence-electron chi connectivity index (χ2n) is 7.08. The van der Waals surface area contributed by atoms with Gasteiger partial charge in [-0.15, -0.1) is 0 Å². The molecule has 3 heterocycles. The van der Waals surface area contributed by atoms with Crippen molar-refractivity contribution in [2.45, 2.75) is 32.7 Å². The Morgan fingerprint density at radius 3 is 2.77 bits per heavy atom. The third-order valence-electron chi connectivity index (χ3n) is 4.82. The Labute approximate surface area is 174 Å². The number of nitrogens with zero attached hydrogens (tertiary/aromatic N) is 3. The summed E-state index contributed by atoms with van der Waals surface area (Å²) in [6.45, 7) is 3.24. The van der Waals surface area contributed by atoms with Gasteiger partial charge in [0.15, 0.2) is 23.3 Å². The van der Waals surface area contributed by atoms with E-state index in [1.54, 1.807) is 18.2 Å². The molecule has 0 aliphatic carbocycles. The van der Waals surface area contributed by atoms with Crippen molar-refractivity contribution < 1.29 is 32.2 Å². The van der Waals surface area contributed by atoms with Gasteiger partial charge >= 0.3 is 6.18 Å². The first-order valence-corrected chi connectivity index (χ1v) is 9.38. The monoisotopic (exact) mass is 436 g/mol. The molecule has 0 unspecified atom stereocenters. The van der Waals surface area contributed by atoms with Crippen molar-refractivity contribution in [3.63, 3.8) is 0 Å². The van der Waals surface area contributed by atoms with Crippen molar-refractivity contribution in [1.82, 2.24) is 20.1 Å². The van der Waals surface area contributed by atoms with Crippen LogP contribution in [0.2, 0.25) is 0 Å². The largest absolute Gasteiger partial charge is 0.464 e. The summed E-state index contributed by atoms with van der Waals surface area (Å²) in [6.07, 6.45) is -5.70. The lowest BCUT2D eigenvalue weighted by Gasteiger charge is -2.16. The van der Waals surface area contributed by atoms with Crippen LogP contribution >= 0.6 is 0 Å². The van der Waals surface area contributed by atoms with Crippen molar-refractivity contribution >= 4 is 16.9 Å². The Morgan fingerprint density at radius 2 is 2.03 bits per heavy atom. The SMILES string of the molecule is Cc1nn(C)c2nc(O[C@H](C)C(=O)NCc3ccc4c(c3)OCO4)cc(C(F)(F)F)c12. The van der Waals surface area contributed by atoms with Crippen LogP contribution in [0.25, 0.3) is 11.0 Å². The predicted molar refractivity (Wildman–Crippen MR) is 103 cm³/mol. The molecule has 8 nitrogen and oxygen atoms in total. The van der Waals surface area contributed by atoms with Gasteiger partial charge in [0.2, 0.25) is 12.7 Å². The maximum atomic E-state index is 13.6. The van der Waals surface area contributed by atoms with Crippen LogP contribution in [0.4, 0.5) is 13.2 Å². The van der Waals surface area contributed by atoms with Crippen LogP contribution in [0.3, 0.4) is 0 Å². The van der Waals surface area contributed by atoms with E-state index in [4.69, 9.17) is 14.2 Å². The van der Waals surface area contributed by atoms with E-state index >= 15 is 0 Å². The van der Waals surface area contributed by atoms with Gasteiger partial charge in [-0.3, -0.25) is 9.48 Å². The van der Waals surface area contributed by atoms with Crippen LogP contribution < -0.4 is 19.5 Å². The number of halogens is 3. The molecule has 0 saturated carbocycles. The summed E-state index contributed by atoms with van der Waals surface area (Å²) in [7, 11) is 1.49. The van der Waals surface area contributed by atoms with Crippen LogP contribution in [0.5, 0.6) is 17.4 Å². The molecular weight excluding hydrogens is 417 g/mol. The molecule has 11 heteroatoms. The summed E-state index contributed by atoms with van der Waals surface area (Å²) in [6, 6.07) is 6.04. The third kappa shape index (κ3) is 4.07. The number of hydrogen-bond acceptors (Lipinski definition) is 6. The van der Waals surface area contributed by atoms with E-state index in [0.29, 0.717) is 11.5 Å². The highest BCUT2D eigenvalue weighted by Gasteiger charge is 2.36. The number of hydrogen-bond donors (Lipinski definition) is 1. The molecule has 1 atom stereocenters. The molecule has 1 aliphatic heterocycles. The Kier molecular flexibility index (Phi) is 5.11. The van der Waals surface area contributed by atoms with E-state index in [0.717, 1.165) is 11.6 Å². The Balaban J connectivity index is 1.49. The summed E-state index contributed by atoms with van der Waals surface area (Å²) in [4.78, 5) is 16.5. The van der Waals surface area contributed by atoms with Gasteiger partial charge in [0.25, 0.3) is 5.91 Å². The highest BCUT2D eigenvalue weighted by molar-refractivity contribution is 5.84. The average molecular weight is 436 g/mol. The maximum Gasteiger partial charge on any atom is 0.417 e. The second-order valence-corrected chi connectivity index (χ2v) is 7.08. The molecule has 1 amide bonds. The molecule has 31 heavy (non-hydrogen) atoms. The molecule has 0 radical (unpaired) electrons. The topological polar surface area (TPSA) is 87.5 Å². The molecule has 4 rings (SSSR count). The molecular formula is C20H19F3N4O4. The number of carbonyl (C=O) groups is 1. The highest BCUT2D eigenvalue weighted by Crippen LogP contribution is 2.37. The van der Waals surface area contributed by atoms with Gasteiger partial charge in [0, 0.05) is 19.7 Å². The first-order chi connectivity index (χ1) is 14.6. The first kappa shape index (κ1) is 20.8. The number of pyridine rings is 1. The molecule has 2 aromatic heterocycles. The van der Waals surface area contributed by atoms with Crippen LogP contribution in [-0.4, -0.2) is 33.6 Å². The van der Waals surface area contributed by atoms with Gasteiger partial charge in [0.05, 0.1) is 16.6 Å². The summed E-state index contributed by atoms with van der Waals surface area (Å²) in [5, 5.41) is 6.59. The molecule has 0 saturated heterocycles. The minimum absolute atomic E-state index is 0.0234. The van der Waals surface area contributed by atoms with Gasteiger partial charge in [-0.1, -0.05) is 6.07 Å². The van der Waals surface area contributed by atoms with Crippen LogP contribution in [0.15, 0.2) is 24.3 Å². The number of ether oxygens (including phenoxy) is 3. The van der Waals surface area contributed by atoms with Crippen LogP contribution in [0, 0.1) is 6.92 Å². The standard InChI is InChI=1S/C20H19F3N4O4/c1-10-17-13(20(21,22)23)7-16(25-18(17)27(3)26-10)31-11(2)19(28)24-8-12-4-5-14-15(6-12)30-9-29-14/h4-7,11H,8-9H2,1-3H3,(H,24,28)/t11-/m1/s1. The summed E-state index contributed by atoms with van der Waals surface area (Å²) in [5.41, 5.74) is 0.0915. The number of rotatable bonds is 5. The lowest BCUT2D eigenvalue weighted by Crippen LogP contribution is -2.36. The number of benzene rings is 1. The highest BCUT2D eigenvalue weighted by atomic mass is 19.4. The fourth-order valence-electron chi connectivity index (χ4n) is 3.32. The Bertz CT molecular complexity index is 1160. The lowest BCUT2D eigenvalue weighted by atomic mass is 10.1. The van der Waals surface area contributed by atoms with E-state index in [2.05, 4.69) is 15.4 Å². The van der Waals surface area contributed by atoms with Crippen LogP contribution in [-0.2, 0) is 24.6 Å². The van der Waals surface area contributed by atoms with E-state index in [1.165, 1.54) is 25.6 Å². The normalized spacial score (nSPS) is 14.0. The smallest absolute Gasteiger partial charge is 0.417 e. The summed E-state index contributed by atoms with van der Waals surface area (Å²) < 4.78 is 57.9. The lowest BCUT2D eigenvalue weighted by molar-refractivity contribution is -0.136. The van der Waals surface area contributed by atoms with Gasteiger partial charge < -0.3 is 19.5 Å². The molecule has 0 fully saturated rings. The van der Waals surface area contributed by atoms with Gasteiger partial charge in [-0.25, -0.2) is 0 Å². The average Bonchev–Trinajstić information content (AvgIpc) is 3.28. The van der Waals surface area contributed by atoms with Crippen molar-refractivity contribution in [1.29, 1.82) is 0 Å². The molecule has 1 aromatic carbocycles. The number of alkyl halides is 3. The van der Waals surface area contributed by atoms with E-state index in [-0.39, 0.29) is 35.9 Å². The Hall–Kier alpha value is -3.50. The molecule has 1 aliphatic rings. The summed E-state index contributed by atoms with van der Waals surface area (Å²) >= 11 is 0. The molecule has 0 bridgehead atoms. The zero-order chi connectivity index (χ0) is 22.3. The van der Waals surface area contributed by atoms with Gasteiger partial charge in [0.1, 0.15) is 0 Å². The number of aryl methyl sites for hydroxylation is 2. The zero-order valence-corrected chi connectivity index (χ0v) is 16.9. The molecule has 3 aromatic rings. The van der Waals surface area contributed by atoms with Gasteiger partial charge in [-0.05, 0) is 31.5 Å². The van der Waals surface area contributed by atoms with Crippen molar-refractivity contribution in [2.24, 2.45) is 7.05 Å². The van der Waals surface area contributed by atoms with E-state index in [9.17, 15) is 18.0 Å². The van der Waals surface area contributed by atoms with Gasteiger partial charge in [-0.2, -0.15) is 23.3 Å². The van der Waals surface area contributed by atoms with Crippen molar-refractivity contribution in [2.75, 3.05) is 6.79 Å². The zero-order valence-electron chi connectivity index (χ0n) is 16.9. The summed E-state index contributed by atoms with van der Waals surface area (Å²) in [5.74, 6) is 0.390. The first-order valence-electron chi connectivity index (χ1n) is 9.38. The fourth-order valence-corrected chi connectivity index (χ4v) is 3.32. The second kappa shape index (κ2) is 7.64. The third-order valence-corrected chi connectivity index (χ3v) is 4.82.